The summed E-state index contributed by atoms with van der Waals surface area (Å²) in [5.74, 6) is 1.48. The van der Waals surface area contributed by atoms with Gasteiger partial charge in [0.2, 0.25) is 0 Å². The van der Waals surface area contributed by atoms with Gasteiger partial charge < -0.3 is 19.8 Å². The first-order chi connectivity index (χ1) is 7.47. The smallest absolute Gasteiger partial charge is 0.656 e. The normalized spacial score (nSPS) is 16.6. The van der Waals surface area contributed by atoms with Crippen LogP contribution in [0, 0.1) is 20.8 Å². The summed E-state index contributed by atoms with van der Waals surface area (Å²) in [5, 5.41) is 1.56. The molecular formula is C17H33NSiTi. The van der Waals surface area contributed by atoms with Crippen molar-refractivity contribution in [3.8, 4) is 0 Å². The minimum Gasteiger partial charge on any atom is -0.656 e. The maximum Gasteiger partial charge on any atom is 3.00 e. The van der Waals surface area contributed by atoms with Gasteiger partial charge in [-0.2, -0.15) is 0 Å². The average molecular weight is 327 g/mol. The molecular weight excluding hydrogens is 294 g/mol. The maximum atomic E-state index is 5.13. The molecule has 0 saturated carbocycles. The van der Waals surface area contributed by atoms with Crippen LogP contribution in [0.3, 0.4) is 0 Å². The van der Waals surface area contributed by atoms with E-state index in [1.165, 1.54) is 22.6 Å². The molecule has 0 aliphatic heterocycles. The number of hydrogen-bond donors (Lipinski definition) is 0. The van der Waals surface area contributed by atoms with Crippen LogP contribution in [-0.4, -0.2) is 13.8 Å². The van der Waals surface area contributed by atoms with E-state index in [0.29, 0.717) is 0 Å². The Morgan fingerprint density at radius 2 is 1.20 bits per heavy atom. The second-order valence-corrected chi connectivity index (χ2v) is 10.6. The first-order valence-electron chi connectivity index (χ1n) is 6.45. The Hall–Kier alpha value is 0.371. The van der Waals surface area contributed by atoms with Crippen molar-refractivity contribution >= 4 is 8.24 Å². The SMILES string of the molecule is C[C]1C(C)=C(C)C(C)=C1[Si](C)(C)[N-]C(C)(C)C.[CH3-].[CH3-].[Ti+3]. The molecule has 0 bridgehead atoms. The molecule has 0 aromatic rings. The van der Waals surface area contributed by atoms with Crippen LogP contribution in [0.4, 0.5) is 0 Å². The molecule has 0 atom stereocenters. The Morgan fingerprint density at radius 3 is 1.45 bits per heavy atom. The van der Waals surface area contributed by atoms with Crippen molar-refractivity contribution < 1.29 is 21.7 Å². The topological polar surface area (TPSA) is 14.1 Å². The van der Waals surface area contributed by atoms with Crippen LogP contribution in [0.15, 0.2) is 21.9 Å². The summed E-state index contributed by atoms with van der Waals surface area (Å²) >= 11 is 0. The second-order valence-electron chi connectivity index (χ2n) is 6.72. The summed E-state index contributed by atoms with van der Waals surface area (Å²) in [5.41, 5.74) is 4.46. The number of allylic oxidation sites excluding steroid dienone is 4. The average Bonchev–Trinajstić information content (AvgIpc) is 2.27. The predicted molar refractivity (Wildman–Crippen MR) is 93.4 cm³/mol. The largest absolute Gasteiger partial charge is 3.00 e. The van der Waals surface area contributed by atoms with E-state index in [2.05, 4.69) is 61.6 Å². The molecule has 2 radical (unpaired) electrons. The Morgan fingerprint density at radius 1 is 0.800 bits per heavy atom. The first kappa shape index (κ1) is 25.3. The second kappa shape index (κ2) is 8.12. The molecule has 0 aromatic carbocycles. The molecule has 0 amide bonds. The summed E-state index contributed by atoms with van der Waals surface area (Å²) < 4.78 is 0. The summed E-state index contributed by atoms with van der Waals surface area (Å²) in [7, 11) is -1.69. The van der Waals surface area contributed by atoms with Crippen molar-refractivity contribution in [2.75, 3.05) is 0 Å². The number of nitrogens with zero attached hydrogens (tertiary/aromatic N) is 1. The van der Waals surface area contributed by atoms with E-state index in [4.69, 9.17) is 4.98 Å². The Labute approximate surface area is 144 Å². The number of rotatable bonds is 2. The van der Waals surface area contributed by atoms with Crippen LogP contribution in [0.5, 0.6) is 0 Å². The van der Waals surface area contributed by atoms with Crippen molar-refractivity contribution in [1.29, 1.82) is 0 Å². The van der Waals surface area contributed by atoms with Crippen molar-refractivity contribution in [2.45, 2.75) is 67.1 Å². The van der Waals surface area contributed by atoms with Crippen molar-refractivity contribution in [3.05, 3.63) is 47.7 Å². The molecule has 3 heteroatoms. The molecule has 0 spiro atoms. The zero-order valence-corrected chi connectivity index (χ0v) is 18.0. The van der Waals surface area contributed by atoms with Gasteiger partial charge in [0.25, 0.3) is 0 Å². The van der Waals surface area contributed by atoms with Gasteiger partial charge in [-0.05, 0) is 34.6 Å². The van der Waals surface area contributed by atoms with Crippen LogP contribution >= 0.6 is 0 Å². The molecule has 0 unspecified atom stereocenters. The molecule has 1 rings (SSSR count). The van der Waals surface area contributed by atoms with Crippen LogP contribution in [0.1, 0.15) is 48.5 Å². The van der Waals surface area contributed by atoms with Gasteiger partial charge in [-0.25, -0.2) is 0 Å². The molecule has 1 aliphatic rings. The summed E-state index contributed by atoms with van der Waals surface area (Å²) in [4.78, 5) is 5.13. The standard InChI is InChI=1S/C15H27NSi.2CH3.Ti/c1-10-11(2)13(4)14(12(10)3)17(8,9)16-15(5,6)7;;;/h1-9H3;2*1H3;/q3*-1;+3. The van der Waals surface area contributed by atoms with Gasteiger partial charge >= 0.3 is 21.7 Å². The van der Waals surface area contributed by atoms with Gasteiger partial charge in [0.1, 0.15) is 0 Å². The van der Waals surface area contributed by atoms with E-state index in [-0.39, 0.29) is 42.1 Å². The van der Waals surface area contributed by atoms with Crippen LogP contribution in [0.25, 0.3) is 4.98 Å². The van der Waals surface area contributed by atoms with Crippen LogP contribution < -0.4 is 0 Å². The van der Waals surface area contributed by atoms with Crippen molar-refractivity contribution in [3.63, 3.8) is 0 Å². The third-order valence-corrected chi connectivity index (χ3v) is 6.87. The summed E-state index contributed by atoms with van der Waals surface area (Å²) in [6.45, 7) is 20.3. The fourth-order valence-corrected chi connectivity index (χ4v) is 7.03. The van der Waals surface area contributed by atoms with E-state index >= 15 is 0 Å². The third kappa shape index (κ3) is 5.29. The first-order valence-corrected chi connectivity index (χ1v) is 9.39. The van der Waals surface area contributed by atoms with E-state index in [9.17, 15) is 0 Å². The van der Waals surface area contributed by atoms with Crippen LogP contribution in [-0.2, 0) is 21.7 Å². The van der Waals surface area contributed by atoms with E-state index < -0.39 is 8.24 Å². The molecule has 0 aromatic heterocycles. The summed E-state index contributed by atoms with van der Waals surface area (Å²) in [6, 6.07) is 0. The molecule has 0 heterocycles. The van der Waals surface area contributed by atoms with Gasteiger partial charge in [-0.1, -0.05) is 57.1 Å². The zero-order valence-electron chi connectivity index (χ0n) is 15.4. The Balaban J connectivity index is -0.000000963. The molecule has 0 N–H and O–H groups in total. The van der Waals surface area contributed by atoms with E-state index in [1.54, 1.807) is 5.20 Å². The Bertz CT molecular complexity index is 386. The van der Waals surface area contributed by atoms with Gasteiger partial charge in [0.05, 0.1) is 0 Å². The monoisotopic (exact) mass is 327 g/mol. The van der Waals surface area contributed by atoms with Gasteiger partial charge in [0.15, 0.2) is 0 Å². The van der Waals surface area contributed by atoms with Gasteiger partial charge in [0, 0.05) is 5.92 Å². The summed E-state index contributed by atoms with van der Waals surface area (Å²) in [6.07, 6.45) is 0. The minimum absolute atomic E-state index is 0. The Kier molecular flexibility index (Phi) is 10.3. The van der Waals surface area contributed by atoms with Crippen LogP contribution in [0.2, 0.25) is 13.1 Å². The molecule has 0 saturated heterocycles. The maximum absolute atomic E-state index is 5.13. The molecule has 20 heavy (non-hydrogen) atoms. The molecule has 0 fully saturated rings. The van der Waals surface area contributed by atoms with Gasteiger partial charge in [-0.15, -0.1) is 5.54 Å². The predicted octanol–water partition coefficient (Wildman–Crippen LogP) is 6.06. The number of hydrogen-bond acceptors (Lipinski definition) is 0. The van der Waals surface area contributed by atoms with Gasteiger partial charge in [-0.3, -0.25) is 0 Å². The van der Waals surface area contributed by atoms with Crippen molar-refractivity contribution in [1.82, 2.24) is 0 Å². The fourth-order valence-electron chi connectivity index (χ4n) is 3.03. The van der Waals surface area contributed by atoms with E-state index in [1.807, 2.05) is 0 Å². The molecule has 1 nitrogen and oxygen atoms in total. The zero-order chi connectivity index (χ0) is 13.6. The fraction of sp³-hybridized carbons (Fsp3) is 0.588. The van der Waals surface area contributed by atoms with Crippen molar-refractivity contribution in [2.24, 2.45) is 0 Å². The van der Waals surface area contributed by atoms with E-state index in [0.717, 1.165) is 0 Å². The minimum atomic E-state index is -1.69. The quantitative estimate of drug-likeness (QED) is 0.432. The third-order valence-electron chi connectivity index (χ3n) is 3.66. The molecule has 1 aliphatic carbocycles. The molecule has 114 valence electrons.